The quantitative estimate of drug-likeness (QED) is 0.473. The second-order valence-corrected chi connectivity index (χ2v) is 7.33. The van der Waals surface area contributed by atoms with Gasteiger partial charge in [-0.2, -0.15) is 0 Å². The summed E-state index contributed by atoms with van der Waals surface area (Å²) >= 11 is 0. The smallest absolute Gasteiger partial charge is 0.126 e. The van der Waals surface area contributed by atoms with Crippen LogP contribution in [0.3, 0.4) is 0 Å². The average molecular weight is 423 g/mol. The van der Waals surface area contributed by atoms with Gasteiger partial charge in [-0.1, -0.05) is 29.8 Å². The first-order valence-corrected chi connectivity index (χ1v) is 10.1. The van der Waals surface area contributed by atoms with Crippen LogP contribution in [-0.2, 0) is 12.8 Å². The van der Waals surface area contributed by atoms with Crippen LogP contribution >= 0.6 is 0 Å². The van der Waals surface area contributed by atoms with E-state index < -0.39 is 0 Å². The first kappa shape index (κ1) is 22.3. The molecule has 0 aliphatic heterocycles. The molecule has 31 heavy (non-hydrogen) atoms. The Bertz CT molecular complexity index is 963. The van der Waals surface area contributed by atoms with Gasteiger partial charge < -0.3 is 23.7 Å². The lowest BCUT2D eigenvalue weighted by molar-refractivity contribution is 0.389. The van der Waals surface area contributed by atoms with E-state index >= 15 is 0 Å². The van der Waals surface area contributed by atoms with Crippen LogP contribution in [0.25, 0.3) is 0 Å². The van der Waals surface area contributed by atoms with E-state index in [1.807, 2.05) is 36.4 Å². The summed E-state index contributed by atoms with van der Waals surface area (Å²) in [7, 11) is 8.37. The lowest BCUT2D eigenvalue weighted by atomic mass is 9.94. The molecule has 0 spiro atoms. The summed E-state index contributed by atoms with van der Waals surface area (Å²) in [4.78, 5) is 0. The van der Waals surface area contributed by atoms with E-state index in [-0.39, 0.29) is 0 Å². The molecule has 0 bridgehead atoms. The van der Waals surface area contributed by atoms with Gasteiger partial charge in [-0.05, 0) is 41.3 Å². The Morgan fingerprint density at radius 3 is 1.32 bits per heavy atom. The van der Waals surface area contributed by atoms with Crippen molar-refractivity contribution in [1.29, 1.82) is 0 Å². The number of methoxy groups -OCH3 is 5. The fraction of sp³-hybridized carbons (Fsp3) is 0.308. The minimum absolute atomic E-state index is 0.685. The first-order valence-electron chi connectivity index (χ1n) is 10.1. The van der Waals surface area contributed by atoms with Crippen molar-refractivity contribution in [3.63, 3.8) is 0 Å². The number of aryl methyl sites for hydroxylation is 1. The van der Waals surface area contributed by atoms with Crippen molar-refractivity contribution >= 4 is 0 Å². The highest BCUT2D eigenvalue weighted by Crippen LogP contribution is 2.35. The normalized spacial score (nSPS) is 10.5. The second kappa shape index (κ2) is 10.1. The van der Waals surface area contributed by atoms with Crippen LogP contribution in [0.4, 0.5) is 0 Å². The molecule has 0 aromatic heterocycles. The molecule has 3 rings (SSSR count). The van der Waals surface area contributed by atoms with E-state index in [0.29, 0.717) is 12.8 Å². The van der Waals surface area contributed by atoms with Crippen LogP contribution in [0.1, 0.15) is 27.8 Å². The number of hydrogen-bond donors (Lipinski definition) is 0. The minimum atomic E-state index is 0.685. The third-order valence-electron chi connectivity index (χ3n) is 5.34. The molecule has 0 fully saturated rings. The number of hydrogen-bond acceptors (Lipinski definition) is 5. The molecular weight excluding hydrogens is 392 g/mol. The summed E-state index contributed by atoms with van der Waals surface area (Å²) < 4.78 is 27.7. The lowest BCUT2D eigenvalue weighted by Gasteiger charge is -2.18. The van der Waals surface area contributed by atoms with Crippen molar-refractivity contribution < 1.29 is 23.7 Å². The summed E-state index contributed by atoms with van der Waals surface area (Å²) in [5.74, 6) is 4.00. The van der Waals surface area contributed by atoms with Gasteiger partial charge in [0.05, 0.1) is 35.5 Å². The number of benzene rings is 3. The van der Waals surface area contributed by atoms with Crippen LogP contribution in [0.5, 0.6) is 28.7 Å². The predicted octanol–water partition coefficient (Wildman–Crippen LogP) is 5.22. The van der Waals surface area contributed by atoms with E-state index in [9.17, 15) is 0 Å². The monoisotopic (exact) mass is 422 g/mol. The summed E-state index contributed by atoms with van der Waals surface area (Å²) in [6.07, 6.45) is 1.37. The summed E-state index contributed by atoms with van der Waals surface area (Å²) in [6.45, 7) is 2.10. The summed E-state index contributed by atoms with van der Waals surface area (Å²) in [6, 6.07) is 16.1. The number of rotatable bonds is 9. The fourth-order valence-electron chi connectivity index (χ4n) is 3.86. The van der Waals surface area contributed by atoms with Crippen molar-refractivity contribution in [2.75, 3.05) is 35.5 Å². The SMILES string of the molecule is COc1ccc(Cc2cc(C)cc(Cc3ccc(OC)cc3OC)c2OC)c(OC)c1. The maximum atomic E-state index is 5.88. The van der Waals surface area contributed by atoms with Gasteiger partial charge in [0.25, 0.3) is 0 Å². The van der Waals surface area contributed by atoms with Crippen molar-refractivity contribution in [1.82, 2.24) is 0 Å². The van der Waals surface area contributed by atoms with Crippen LogP contribution in [0.15, 0.2) is 48.5 Å². The Morgan fingerprint density at radius 2 is 0.968 bits per heavy atom. The molecule has 0 heterocycles. The van der Waals surface area contributed by atoms with E-state index in [1.54, 1.807) is 35.5 Å². The van der Waals surface area contributed by atoms with Crippen LogP contribution in [0, 0.1) is 6.92 Å². The van der Waals surface area contributed by atoms with Crippen molar-refractivity contribution in [3.05, 3.63) is 76.3 Å². The van der Waals surface area contributed by atoms with E-state index in [4.69, 9.17) is 23.7 Å². The van der Waals surface area contributed by atoms with E-state index in [0.717, 1.165) is 51.0 Å². The van der Waals surface area contributed by atoms with E-state index in [1.165, 1.54) is 5.56 Å². The third-order valence-corrected chi connectivity index (χ3v) is 5.34. The molecule has 0 radical (unpaired) electrons. The largest absolute Gasteiger partial charge is 0.497 e. The van der Waals surface area contributed by atoms with Crippen molar-refractivity contribution in [2.24, 2.45) is 0 Å². The molecule has 0 aliphatic rings. The lowest BCUT2D eigenvalue weighted by Crippen LogP contribution is -2.03. The van der Waals surface area contributed by atoms with Gasteiger partial charge in [0.1, 0.15) is 28.7 Å². The molecule has 164 valence electrons. The Morgan fingerprint density at radius 1 is 0.516 bits per heavy atom. The summed E-state index contributed by atoms with van der Waals surface area (Å²) in [5.41, 5.74) is 5.52. The molecule has 0 N–H and O–H groups in total. The zero-order chi connectivity index (χ0) is 22.4. The molecular formula is C26H30O5. The van der Waals surface area contributed by atoms with Gasteiger partial charge in [0, 0.05) is 25.0 Å². The molecule has 3 aromatic carbocycles. The zero-order valence-electron chi connectivity index (χ0n) is 19.1. The van der Waals surface area contributed by atoms with Crippen LogP contribution in [0.2, 0.25) is 0 Å². The molecule has 0 aliphatic carbocycles. The first-order chi connectivity index (χ1) is 15.0. The Hall–Kier alpha value is -3.34. The molecule has 5 nitrogen and oxygen atoms in total. The van der Waals surface area contributed by atoms with Gasteiger partial charge in [-0.3, -0.25) is 0 Å². The van der Waals surface area contributed by atoms with Gasteiger partial charge >= 0.3 is 0 Å². The highest BCUT2D eigenvalue weighted by molar-refractivity contribution is 5.52. The van der Waals surface area contributed by atoms with Gasteiger partial charge in [0.2, 0.25) is 0 Å². The average Bonchev–Trinajstić information content (AvgIpc) is 2.79. The van der Waals surface area contributed by atoms with Crippen LogP contribution < -0.4 is 23.7 Å². The standard InChI is InChI=1S/C26H30O5/c1-17-11-20(13-18-7-9-22(27-2)15-24(18)29-4)26(31-6)21(12-17)14-19-8-10-23(28-3)16-25(19)30-5/h7-12,15-16H,13-14H2,1-6H3. The Balaban J connectivity index is 2.00. The maximum Gasteiger partial charge on any atom is 0.126 e. The highest BCUT2D eigenvalue weighted by atomic mass is 16.5. The molecule has 0 saturated heterocycles. The van der Waals surface area contributed by atoms with Gasteiger partial charge in [-0.25, -0.2) is 0 Å². The second-order valence-electron chi connectivity index (χ2n) is 7.33. The highest BCUT2D eigenvalue weighted by Gasteiger charge is 2.16. The molecule has 0 amide bonds. The zero-order valence-corrected chi connectivity index (χ0v) is 19.1. The minimum Gasteiger partial charge on any atom is -0.497 e. The molecule has 0 saturated carbocycles. The maximum absolute atomic E-state index is 5.88. The third kappa shape index (κ3) is 5.05. The van der Waals surface area contributed by atoms with Crippen molar-refractivity contribution in [3.8, 4) is 28.7 Å². The van der Waals surface area contributed by atoms with Gasteiger partial charge in [-0.15, -0.1) is 0 Å². The topological polar surface area (TPSA) is 46.2 Å². The van der Waals surface area contributed by atoms with Crippen molar-refractivity contribution in [2.45, 2.75) is 19.8 Å². The predicted molar refractivity (Wildman–Crippen MR) is 122 cm³/mol. The van der Waals surface area contributed by atoms with Gasteiger partial charge in [0.15, 0.2) is 0 Å². The Labute approximate surface area is 184 Å². The fourth-order valence-corrected chi connectivity index (χ4v) is 3.86. The molecule has 5 heteroatoms. The Kier molecular flexibility index (Phi) is 7.29. The molecule has 0 unspecified atom stereocenters. The van der Waals surface area contributed by atoms with E-state index in [2.05, 4.69) is 19.1 Å². The molecule has 0 atom stereocenters. The summed E-state index contributed by atoms with van der Waals surface area (Å²) in [5, 5.41) is 0. The number of ether oxygens (including phenoxy) is 5. The molecule has 3 aromatic rings. The van der Waals surface area contributed by atoms with Crippen LogP contribution in [-0.4, -0.2) is 35.5 Å².